The molecule has 0 saturated heterocycles. The van der Waals surface area contributed by atoms with E-state index in [9.17, 15) is 0 Å². The third-order valence-electron chi connectivity index (χ3n) is 4.56. The van der Waals surface area contributed by atoms with Gasteiger partial charge in [-0.1, -0.05) is 26.2 Å². The van der Waals surface area contributed by atoms with Crippen molar-refractivity contribution in [1.29, 1.82) is 0 Å². The van der Waals surface area contributed by atoms with E-state index < -0.39 is 0 Å². The highest BCUT2D eigenvalue weighted by Gasteiger charge is 2.18. The van der Waals surface area contributed by atoms with E-state index in [0.717, 1.165) is 43.9 Å². The lowest BCUT2D eigenvalue weighted by molar-refractivity contribution is 0.270. The van der Waals surface area contributed by atoms with Gasteiger partial charge in [-0.05, 0) is 31.1 Å². The zero-order valence-corrected chi connectivity index (χ0v) is 16.8. The predicted octanol–water partition coefficient (Wildman–Crippen LogP) is 3.27. The first kappa shape index (κ1) is 20.3. The van der Waals surface area contributed by atoms with Crippen molar-refractivity contribution in [3.05, 3.63) is 18.7 Å². The second kappa shape index (κ2) is 11.7. The first-order valence-corrected chi connectivity index (χ1v) is 8.68. The lowest BCUT2D eigenvalue weighted by atomic mass is 9.81. The van der Waals surface area contributed by atoms with Crippen molar-refractivity contribution in [2.45, 2.75) is 52.0 Å². The van der Waals surface area contributed by atoms with Crippen molar-refractivity contribution < 1.29 is 0 Å². The van der Waals surface area contributed by atoms with Gasteiger partial charge in [-0.25, -0.2) is 4.98 Å². The highest BCUT2D eigenvalue weighted by Crippen LogP contribution is 2.30. The van der Waals surface area contributed by atoms with Crippen molar-refractivity contribution in [2.24, 2.45) is 16.8 Å². The summed E-state index contributed by atoms with van der Waals surface area (Å²) >= 11 is 0. The number of aromatic nitrogens is 2. The maximum Gasteiger partial charge on any atom is 0.190 e. The number of hydrogen-bond donors (Lipinski definition) is 2. The summed E-state index contributed by atoms with van der Waals surface area (Å²) in [6, 6.07) is 0. The average Bonchev–Trinajstić information content (AvgIpc) is 3.03. The van der Waals surface area contributed by atoms with E-state index in [-0.39, 0.29) is 24.0 Å². The topological polar surface area (TPSA) is 54.2 Å². The molecule has 23 heavy (non-hydrogen) atoms. The van der Waals surface area contributed by atoms with E-state index in [0.29, 0.717) is 0 Å². The summed E-state index contributed by atoms with van der Waals surface area (Å²) < 4.78 is 2.10. The summed E-state index contributed by atoms with van der Waals surface area (Å²) in [5, 5.41) is 6.83. The number of aryl methyl sites for hydroxylation is 1. The summed E-state index contributed by atoms with van der Waals surface area (Å²) in [5.74, 6) is 2.74. The molecule has 1 aromatic heterocycles. The number of hydrogen-bond acceptors (Lipinski definition) is 2. The summed E-state index contributed by atoms with van der Waals surface area (Å²) in [7, 11) is 1.84. The number of rotatable bonds is 7. The van der Waals surface area contributed by atoms with Crippen LogP contribution in [0.4, 0.5) is 0 Å². The molecular formula is C17H32IN5. The molecule has 1 saturated carbocycles. The van der Waals surface area contributed by atoms with Crippen LogP contribution in [0.3, 0.4) is 0 Å². The normalized spacial score (nSPS) is 21.6. The van der Waals surface area contributed by atoms with Crippen molar-refractivity contribution in [3.8, 4) is 0 Å². The van der Waals surface area contributed by atoms with E-state index in [1.807, 2.05) is 25.8 Å². The monoisotopic (exact) mass is 433 g/mol. The van der Waals surface area contributed by atoms with Gasteiger partial charge in [-0.15, -0.1) is 24.0 Å². The Morgan fingerprint density at radius 2 is 2.13 bits per heavy atom. The molecule has 1 fully saturated rings. The smallest absolute Gasteiger partial charge is 0.190 e. The molecule has 0 aliphatic heterocycles. The predicted molar refractivity (Wildman–Crippen MR) is 107 cm³/mol. The summed E-state index contributed by atoms with van der Waals surface area (Å²) in [6.07, 6.45) is 13.6. The molecule has 0 radical (unpaired) electrons. The second-order valence-corrected chi connectivity index (χ2v) is 6.51. The van der Waals surface area contributed by atoms with Crippen LogP contribution in [0.25, 0.3) is 0 Å². The summed E-state index contributed by atoms with van der Waals surface area (Å²) in [6.45, 7) is 5.33. The Kier molecular flexibility index (Phi) is 10.3. The molecule has 2 N–H and O–H groups in total. The van der Waals surface area contributed by atoms with Crippen molar-refractivity contribution in [2.75, 3.05) is 20.1 Å². The van der Waals surface area contributed by atoms with Crippen LogP contribution in [-0.4, -0.2) is 35.6 Å². The van der Waals surface area contributed by atoms with Crippen LogP contribution < -0.4 is 10.6 Å². The minimum Gasteiger partial charge on any atom is -0.356 e. The lowest BCUT2D eigenvalue weighted by Gasteiger charge is -2.26. The van der Waals surface area contributed by atoms with E-state index in [1.54, 1.807) is 0 Å². The lowest BCUT2D eigenvalue weighted by Crippen LogP contribution is -2.39. The van der Waals surface area contributed by atoms with Crippen LogP contribution in [-0.2, 0) is 6.54 Å². The summed E-state index contributed by atoms with van der Waals surface area (Å²) in [5.41, 5.74) is 0. The molecule has 6 heteroatoms. The van der Waals surface area contributed by atoms with E-state index in [1.165, 1.54) is 32.1 Å². The molecule has 1 aromatic rings. The fraction of sp³-hybridized carbons (Fsp3) is 0.765. The van der Waals surface area contributed by atoms with Gasteiger partial charge in [0.1, 0.15) is 0 Å². The maximum atomic E-state index is 4.30. The number of nitrogens with zero attached hydrogens (tertiary/aromatic N) is 3. The van der Waals surface area contributed by atoms with Gasteiger partial charge in [0.25, 0.3) is 0 Å². The van der Waals surface area contributed by atoms with Crippen LogP contribution in [0.2, 0.25) is 0 Å². The SMILES string of the molecule is CN=C(NCCCn1ccnc1)NCCC1CCCC(C)C1.I. The van der Waals surface area contributed by atoms with Gasteiger partial charge >= 0.3 is 0 Å². The third kappa shape index (κ3) is 8.04. The number of guanidine groups is 1. The van der Waals surface area contributed by atoms with Crippen molar-refractivity contribution in [1.82, 2.24) is 20.2 Å². The molecule has 2 unspecified atom stereocenters. The van der Waals surface area contributed by atoms with Crippen LogP contribution >= 0.6 is 24.0 Å². The van der Waals surface area contributed by atoms with Crippen LogP contribution in [0.5, 0.6) is 0 Å². The number of halogens is 1. The number of aliphatic imine (C=N–C) groups is 1. The Hall–Kier alpha value is -0.790. The zero-order chi connectivity index (χ0) is 15.6. The molecule has 132 valence electrons. The van der Waals surface area contributed by atoms with Gasteiger partial charge in [-0.2, -0.15) is 0 Å². The van der Waals surface area contributed by atoms with E-state index >= 15 is 0 Å². The quantitative estimate of drug-likeness (QED) is 0.300. The third-order valence-corrected chi connectivity index (χ3v) is 4.56. The molecule has 0 bridgehead atoms. The Bertz CT molecular complexity index is 432. The molecule has 2 atom stereocenters. The highest BCUT2D eigenvalue weighted by atomic mass is 127. The molecule has 0 amide bonds. The second-order valence-electron chi connectivity index (χ2n) is 6.51. The molecule has 1 aliphatic rings. The Balaban J connectivity index is 0.00000264. The van der Waals surface area contributed by atoms with Gasteiger partial charge in [-0.3, -0.25) is 4.99 Å². The van der Waals surface area contributed by atoms with E-state index in [4.69, 9.17) is 0 Å². The standard InChI is InChI=1S/C17H31N5.HI/c1-15-5-3-6-16(13-15)7-9-21-17(18-2)20-8-4-11-22-12-10-19-14-22;/h10,12,14-16H,3-9,11,13H2,1-2H3,(H2,18,20,21);1H. The fourth-order valence-electron chi connectivity index (χ4n) is 3.32. The minimum absolute atomic E-state index is 0. The number of imidazole rings is 1. The first-order chi connectivity index (χ1) is 10.8. The van der Waals surface area contributed by atoms with Gasteiger partial charge in [0, 0.05) is 39.1 Å². The van der Waals surface area contributed by atoms with Gasteiger partial charge in [0.05, 0.1) is 6.33 Å². The van der Waals surface area contributed by atoms with Crippen molar-refractivity contribution in [3.63, 3.8) is 0 Å². The van der Waals surface area contributed by atoms with E-state index in [2.05, 4.69) is 32.1 Å². The molecule has 2 rings (SSSR count). The van der Waals surface area contributed by atoms with Crippen LogP contribution in [0.1, 0.15) is 45.4 Å². The molecule has 0 aromatic carbocycles. The fourth-order valence-corrected chi connectivity index (χ4v) is 3.32. The molecular weight excluding hydrogens is 401 g/mol. The Labute approximate surface area is 157 Å². The maximum absolute atomic E-state index is 4.30. The van der Waals surface area contributed by atoms with Crippen LogP contribution in [0.15, 0.2) is 23.7 Å². The molecule has 0 spiro atoms. The zero-order valence-electron chi connectivity index (χ0n) is 14.5. The first-order valence-electron chi connectivity index (χ1n) is 8.68. The van der Waals surface area contributed by atoms with Gasteiger partial charge in [0.2, 0.25) is 0 Å². The Morgan fingerprint density at radius 3 is 2.83 bits per heavy atom. The molecule has 5 nitrogen and oxygen atoms in total. The van der Waals surface area contributed by atoms with Crippen LogP contribution in [0, 0.1) is 11.8 Å². The Morgan fingerprint density at radius 1 is 1.30 bits per heavy atom. The molecule has 1 heterocycles. The molecule has 1 aliphatic carbocycles. The average molecular weight is 433 g/mol. The minimum atomic E-state index is 0. The van der Waals surface area contributed by atoms with Crippen molar-refractivity contribution >= 4 is 29.9 Å². The van der Waals surface area contributed by atoms with Gasteiger partial charge < -0.3 is 15.2 Å². The largest absolute Gasteiger partial charge is 0.356 e. The van der Waals surface area contributed by atoms with Gasteiger partial charge in [0.15, 0.2) is 5.96 Å². The highest BCUT2D eigenvalue weighted by molar-refractivity contribution is 14.0. The summed E-state index contributed by atoms with van der Waals surface area (Å²) in [4.78, 5) is 8.34. The number of nitrogens with one attached hydrogen (secondary N) is 2.